The number of hydrogen-bond donors (Lipinski definition) is 14. The highest BCUT2D eigenvalue weighted by Crippen LogP contribution is 2.39. The van der Waals surface area contributed by atoms with E-state index in [9.17, 15) is 75.7 Å². The molecule has 0 saturated carbocycles. The van der Waals surface area contributed by atoms with E-state index in [1.54, 1.807) is 6.08 Å². The summed E-state index contributed by atoms with van der Waals surface area (Å²) in [7, 11) is 0. The second kappa shape index (κ2) is 60.9. The van der Waals surface area contributed by atoms with Crippen molar-refractivity contribution in [1.29, 1.82) is 0 Å². The largest absolute Gasteiger partial charge is 0.477 e. The number of nitrogens with one attached hydrogen (secondary N) is 2. The molecule has 3 heterocycles. The number of aliphatic hydroxyl groups excluding tert-OH is 11. The quantitative estimate of drug-likeness (QED) is 0.0199. The number of carboxylic acid groups (broad SMARTS) is 1. The maximum absolute atomic E-state index is 13.6. The number of ether oxygens (including phenoxy) is 6. The summed E-state index contributed by atoms with van der Waals surface area (Å²) in [5, 5.41) is 136. The van der Waals surface area contributed by atoms with Crippen molar-refractivity contribution in [3.63, 3.8) is 0 Å². The van der Waals surface area contributed by atoms with E-state index in [2.05, 4.69) is 36.6 Å². The summed E-state index contributed by atoms with van der Waals surface area (Å²) in [6.07, 6.45) is 39.3. The fourth-order valence-corrected chi connectivity index (χ4v) is 14.7. The molecule has 2 amide bonds. The van der Waals surface area contributed by atoms with Crippen LogP contribution in [0.15, 0.2) is 24.3 Å². The summed E-state index contributed by atoms with van der Waals surface area (Å²) < 4.78 is 34.9. The third-order valence-corrected chi connectivity index (χ3v) is 21.4. The fourth-order valence-electron chi connectivity index (χ4n) is 14.7. The molecule has 23 nitrogen and oxygen atoms in total. The van der Waals surface area contributed by atoms with Crippen LogP contribution in [-0.4, -0.2) is 215 Å². The first-order valence-corrected chi connectivity index (χ1v) is 42.2. The summed E-state index contributed by atoms with van der Waals surface area (Å²) in [4.78, 5) is 38.7. The van der Waals surface area contributed by atoms with Gasteiger partial charge in [0.2, 0.25) is 11.8 Å². The van der Waals surface area contributed by atoms with Crippen molar-refractivity contribution in [1.82, 2.24) is 10.6 Å². The first kappa shape index (κ1) is 96.4. The van der Waals surface area contributed by atoms with Gasteiger partial charge in [0.1, 0.15) is 67.1 Å². The molecule has 0 aromatic rings. The zero-order valence-corrected chi connectivity index (χ0v) is 65.3. The predicted octanol–water partition coefficient (Wildman–Crippen LogP) is 11.9. The lowest BCUT2D eigenvalue weighted by Crippen LogP contribution is -2.70. The third kappa shape index (κ3) is 40.8. The lowest BCUT2D eigenvalue weighted by molar-refractivity contribution is -0.386. The smallest absolute Gasteiger partial charge is 0.364 e. The molecule has 3 aliphatic rings. The molecule has 3 fully saturated rings. The summed E-state index contributed by atoms with van der Waals surface area (Å²) >= 11 is 0. The normalized spacial score (nSPS) is 26.3. The molecule has 0 aromatic carbocycles. The van der Waals surface area contributed by atoms with Crippen molar-refractivity contribution in [2.24, 2.45) is 0 Å². The first-order chi connectivity index (χ1) is 50.9. The van der Waals surface area contributed by atoms with Crippen LogP contribution in [0.1, 0.15) is 342 Å². The van der Waals surface area contributed by atoms with Crippen LogP contribution in [0, 0.1) is 0 Å². The molecule has 0 bridgehead atoms. The Morgan fingerprint density at radius 2 is 0.895 bits per heavy atom. The maximum atomic E-state index is 13.6. The molecule has 3 rings (SSSR count). The minimum atomic E-state index is -3.08. The van der Waals surface area contributed by atoms with Gasteiger partial charge in [-0.05, 0) is 44.9 Å². The summed E-state index contributed by atoms with van der Waals surface area (Å²) in [5.41, 5.74) is 0. The zero-order chi connectivity index (χ0) is 76.7. The SMILES string of the molecule is CCCCCCCCCCCCCC/C=C\CCCCCCCCCCCCCCCCC(=O)NC(COC1OC(CO)C(OC2OC(CO)C(O)C(OC3(C(=O)O)CC(O)C(NC(C)=O)C(C(O)C(O)CO)O3)C2O)C(O)C1O)C(O)/C=C/CCCCCCCCCCCCCCCCCCCCC. The number of unbranched alkanes of at least 4 members (excludes halogenated alkanes) is 45. The van der Waals surface area contributed by atoms with Crippen LogP contribution in [-0.2, 0) is 42.8 Å². The topological polar surface area (TPSA) is 373 Å². The fraction of sp³-hybridized carbons (Fsp3) is 0.915. The van der Waals surface area contributed by atoms with E-state index < -0.39 is 155 Å². The number of aliphatic hydroxyl groups is 11. The number of carbonyl (C=O) groups excluding carboxylic acids is 2. The molecule has 616 valence electrons. The van der Waals surface area contributed by atoms with Crippen molar-refractivity contribution in [3.8, 4) is 0 Å². The van der Waals surface area contributed by atoms with E-state index in [1.807, 2.05) is 6.08 Å². The van der Waals surface area contributed by atoms with E-state index >= 15 is 0 Å². The Hall–Kier alpha value is -2.79. The Morgan fingerprint density at radius 1 is 0.495 bits per heavy atom. The van der Waals surface area contributed by atoms with Gasteiger partial charge in [0.05, 0.1) is 50.7 Å². The van der Waals surface area contributed by atoms with Gasteiger partial charge in [-0.25, -0.2) is 4.79 Å². The van der Waals surface area contributed by atoms with Gasteiger partial charge in [-0.1, -0.05) is 301 Å². The Bertz CT molecular complexity index is 2180. The number of amides is 2. The standard InChI is InChI=1S/C82H152N2O21/c1-4-6-8-10-12-14-16-18-20-22-24-26-27-28-29-30-31-32-33-34-36-38-40-42-44-46-48-50-52-54-56-69(92)84-63(64(89)55-53-51-49-47-45-43-41-39-37-35-25-23-21-19-17-15-13-11-9-7-5-2)61-100-79-74(96)73(95)76(68(60-87)102-79)103-80-75(97)78(72(94)67(59-86)101-80)105-82(81(98)99)57-65(90)70(83-62(3)88)77(104-82)71(93)66(91)58-85/h28-29,53,55,63-68,70-80,85-87,89-91,93-97H,4-27,30-52,54,56-61H2,1-3H3,(H,83,88)(H,84,92)(H,98,99)/b29-28-,55-53+. The van der Waals surface area contributed by atoms with Crippen molar-refractivity contribution < 1.29 is 104 Å². The van der Waals surface area contributed by atoms with Gasteiger partial charge in [-0.3, -0.25) is 9.59 Å². The highest BCUT2D eigenvalue weighted by molar-refractivity contribution is 5.77. The molecule has 105 heavy (non-hydrogen) atoms. The van der Waals surface area contributed by atoms with Crippen LogP contribution in [0.25, 0.3) is 0 Å². The number of aliphatic carboxylic acids is 1. The monoisotopic (exact) mass is 1500 g/mol. The highest BCUT2D eigenvalue weighted by Gasteiger charge is 2.60. The van der Waals surface area contributed by atoms with Crippen LogP contribution in [0.3, 0.4) is 0 Å². The second-order valence-corrected chi connectivity index (χ2v) is 30.7. The summed E-state index contributed by atoms with van der Waals surface area (Å²) in [6.45, 7) is 2.20. The van der Waals surface area contributed by atoms with Crippen LogP contribution >= 0.6 is 0 Å². The Morgan fingerprint density at radius 3 is 1.30 bits per heavy atom. The highest BCUT2D eigenvalue weighted by atomic mass is 16.8. The average Bonchev–Trinajstić information content (AvgIpc) is 0.755. The van der Waals surface area contributed by atoms with E-state index in [0.717, 1.165) is 51.9 Å². The number of allylic oxidation sites excluding steroid dienone is 3. The Kier molecular flexibility index (Phi) is 55.9. The molecule has 0 radical (unpaired) electrons. The minimum absolute atomic E-state index is 0.203. The van der Waals surface area contributed by atoms with E-state index in [4.69, 9.17) is 28.4 Å². The Labute approximate surface area is 632 Å². The van der Waals surface area contributed by atoms with Crippen LogP contribution in [0.5, 0.6) is 0 Å². The lowest BCUT2D eigenvalue weighted by Gasteiger charge is -2.50. The first-order valence-electron chi connectivity index (χ1n) is 42.2. The lowest BCUT2D eigenvalue weighted by atomic mass is 9.88. The maximum Gasteiger partial charge on any atom is 0.364 e. The van der Waals surface area contributed by atoms with Gasteiger partial charge in [0.25, 0.3) is 5.79 Å². The third-order valence-electron chi connectivity index (χ3n) is 21.4. The molecule has 14 N–H and O–H groups in total. The van der Waals surface area contributed by atoms with Crippen LogP contribution in [0.4, 0.5) is 0 Å². The zero-order valence-electron chi connectivity index (χ0n) is 65.3. The number of carbonyl (C=O) groups is 3. The van der Waals surface area contributed by atoms with Gasteiger partial charge in [-0.2, -0.15) is 0 Å². The Balaban J connectivity index is 1.49. The molecular formula is C82H152N2O21. The number of hydrogen-bond acceptors (Lipinski definition) is 20. The molecule has 23 heteroatoms. The summed E-state index contributed by atoms with van der Waals surface area (Å²) in [6, 6.07) is -2.62. The molecule has 3 saturated heterocycles. The van der Waals surface area contributed by atoms with Crippen molar-refractivity contribution in [2.75, 3.05) is 26.4 Å². The van der Waals surface area contributed by atoms with Crippen molar-refractivity contribution in [3.05, 3.63) is 24.3 Å². The van der Waals surface area contributed by atoms with Crippen LogP contribution < -0.4 is 10.6 Å². The van der Waals surface area contributed by atoms with Crippen molar-refractivity contribution in [2.45, 2.75) is 452 Å². The summed E-state index contributed by atoms with van der Waals surface area (Å²) in [5.74, 6) is -6.13. The van der Waals surface area contributed by atoms with Gasteiger partial charge >= 0.3 is 5.97 Å². The molecular weight excluding hydrogens is 1350 g/mol. The average molecular weight is 1500 g/mol. The second-order valence-electron chi connectivity index (χ2n) is 30.7. The number of carboxylic acids is 1. The molecule has 0 aromatic heterocycles. The van der Waals surface area contributed by atoms with Gasteiger partial charge in [-0.15, -0.1) is 0 Å². The molecule has 3 aliphatic heterocycles. The minimum Gasteiger partial charge on any atom is -0.477 e. The molecule has 18 atom stereocenters. The van der Waals surface area contributed by atoms with Gasteiger partial charge in [0.15, 0.2) is 12.6 Å². The van der Waals surface area contributed by atoms with E-state index in [0.29, 0.717) is 12.8 Å². The molecule has 18 unspecified atom stereocenters. The van der Waals surface area contributed by atoms with Gasteiger partial charge in [0, 0.05) is 19.8 Å². The predicted molar refractivity (Wildman–Crippen MR) is 408 cm³/mol. The van der Waals surface area contributed by atoms with Crippen LogP contribution in [0.2, 0.25) is 0 Å². The van der Waals surface area contributed by atoms with E-state index in [1.165, 1.54) is 250 Å². The van der Waals surface area contributed by atoms with Gasteiger partial charge < -0.3 is 100 Å². The molecule has 0 spiro atoms. The van der Waals surface area contributed by atoms with E-state index in [-0.39, 0.29) is 12.3 Å². The number of rotatable bonds is 67. The van der Waals surface area contributed by atoms with Crippen molar-refractivity contribution >= 4 is 17.8 Å². The molecule has 0 aliphatic carbocycles.